The minimum absolute atomic E-state index is 0.0180. The van der Waals surface area contributed by atoms with Gasteiger partial charge in [-0.05, 0) is 48.6 Å². The number of aliphatic carboxylic acids is 1. The Morgan fingerprint density at radius 2 is 1.84 bits per heavy atom. The van der Waals surface area contributed by atoms with Crippen LogP contribution in [-0.2, 0) is 29.0 Å². The SMILES string of the molecule is CCCn1cc(CCC(=O)N(CCC(=O)O)CCc2cccc(Cl)c2)c2ccccc21. The predicted octanol–water partition coefficient (Wildman–Crippen LogP) is 5.18. The summed E-state index contributed by atoms with van der Waals surface area (Å²) in [5, 5.41) is 10.9. The second-order valence-electron chi connectivity index (χ2n) is 7.77. The Morgan fingerprint density at radius 3 is 2.58 bits per heavy atom. The van der Waals surface area contributed by atoms with Gasteiger partial charge in [0.25, 0.3) is 0 Å². The second kappa shape index (κ2) is 11.0. The average Bonchev–Trinajstić information content (AvgIpc) is 3.10. The van der Waals surface area contributed by atoms with Crippen LogP contribution in [0, 0.1) is 0 Å². The first kappa shape index (κ1) is 22.9. The first-order valence-corrected chi connectivity index (χ1v) is 11.2. The molecule has 0 bridgehead atoms. The van der Waals surface area contributed by atoms with Crippen molar-refractivity contribution in [1.29, 1.82) is 0 Å². The number of rotatable bonds is 11. The lowest BCUT2D eigenvalue weighted by Crippen LogP contribution is -2.35. The van der Waals surface area contributed by atoms with Crippen molar-refractivity contribution >= 4 is 34.4 Å². The highest BCUT2D eigenvalue weighted by Gasteiger charge is 2.16. The number of aryl methyl sites for hydroxylation is 2. The summed E-state index contributed by atoms with van der Waals surface area (Å²) in [5.74, 6) is -0.918. The van der Waals surface area contributed by atoms with Crippen LogP contribution in [0.2, 0.25) is 5.02 Å². The van der Waals surface area contributed by atoms with E-state index in [4.69, 9.17) is 16.7 Å². The molecule has 6 heteroatoms. The Balaban J connectivity index is 1.68. The fourth-order valence-electron chi connectivity index (χ4n) is 3.90. The number of benzene rings is 2. The molecule has 0 fully saturated rings. The summed E-state index contributed by atoms with van der Waals surface area (Å²) in [6, 6.07) is 15.8. The van der Waals surface area contributed by atoms with Crippen LogP contribution in [0.5, 0.6) is 0 Å². The summed E-state index contributed by atoms with van der Waals surface area (Å²) in [4.78, 5) is 25.7. The van der Waals surface area contributed by atoms with Crippen LogP contribution in [0.4, 0.5) is 0 Å². The van der Waals surface area contributed by atoms with Crippen molar-refractivity contribution in [2.24, 2.45) is 0 Å². The van der Waals surface area contributed by atoms with Crippen molar-refractivity contribution in [3.63, 3.8) is 0 Å². The molecule has 0 aliphatic carbocycles. The standard InChI is InChI=1S/C25H29ClN2O3/c1-2-14-28-18-20(22-8-3-4-9-23(22)28)10-11-24(29)27(16-13-25(30)31)15-12-19-6-5-7-21(26)17-19/h3-9,17-18H,2,10-16H2,1H3,(H,30,31). The summed E-state index contributed by atoms with van der Waals surface area (Å²) >= 11 is 6.05. The molecule has 1 heterocycles. The van der Waals surface area contributed by atoms with Crippen LogP contribution in [0.1, 0.15) is 37.3 Å². The molecular formula is C25H29ClN2O3. The van der Waals surface area contributed by atoms with E-state index in [0.717, 1.165) is 24.1 Å². The van der Waals surface area contributed by atoms with E-state index in [1.807, 2.05) is 36.4 Å². The fourth-order valence-corrected chi connectivity index (χ4v) is 4.11. The molecule has 0 saturated carbocycles. The topological polar surface area (TPSA) is 62.5 Å². The number of fused-ring (bicyclic) bond motifs is 1. The molecule has 0 radical (unpaired) electrons. The largest absolute Gasteiger partial charge is 0.481 e. The third kappa shape index (κ3) is 6.34. The zero-order chi connectivity index (χ0) is 22.2. The van der Waals surface area contributed by atoms with Crippen LogP contribution in [0.15, 0.2) is 54.7 Å². The molecule has 31 heavy (non-hydrogen) atoms. The molecule has 3 aromatic rings. The van der Waals surface area contributed by atoms with Gasteiger partial charge in [-0.25, -0.2) is 0 Å². The third-order valence-electron chi connectivity index (χ3n) is 5.45. The van der Waals surface area contributed by atoms with E-state index in [1.54, 1.807) is 4.90 Å². The molecule has 2 aromatic carbocycles. The van der Waals surface area contributed by atoms with E-state index in [9.17, 15) is 9.59 Å². The highest BCUT2D eigenvalue weighted by Crippen LogP contribution is 2.23. The number of carbonyl (C=O) groups is 2. The third-order valence-corrected chi connectivity index (χ3v) is 5.69. The first-order valence-electron chi connectivity index (χ1n) is 10.8. The Hall–Kier alpha value is -2.79. The smallest absolute Gasteiger partial charge is 0.305 e. The number of hydrogen-bond donors (Lipinski definition) is 1. The summed E-state index contributed by atoms with van der Waals surface area (Å²) in [6.07, 6.45) is 4.77. The lowest BCUT2D eigenvalue weighted by molar-refractivity contribution is -0.138. The van der Waals surface area contributed by atoms with Gasteiger partial charge in [0.15, 0.2) is 0 Å². The highest BCUT2D eigenvalue weighted by atomic mass is 35.5. The number of amides is 1. The molecule has 0 aliphatic heterocycles. The van der Waals surface area contributed by atoms with Gasteiger partial charge in [-0.1, -0.05) is 48.9 Å². The zero-order valence-electron chi connectivity index (χ0n) is 17.9. The normalized spacial score (nSPS) is 11.0. The van der Waals surface area contributed by atoms with Crippen LogP contribution < -0.4 is 0 Å². The molecule has 0 unspecified atom stereocenters. The van der Waals surface area contributed by atoms with Gasteiger partial charge in [-0.3, -0.25) is 9.59 Å². The van der Waals surface area contributed by atoms with E-state index in [2.05, 4.69) is 29.8 Å². The van der Waals surface area contributed by atoms with Gasteiger partial charge in [0.2, 0.25) is 5.91 Å². The van der Waals surface area contributed by atoms with E-state index in [0.29, 0.717) is 30.8 Å². The Morgan fingerprint density at radius 1 is 1.03 bits per heavy atom. The van der Waals surface area contributed by atoms with E-state index in [-0.39, 0.29) is 18.9 Å². The van der Waals surface area contributed by atoms with Crippen molar-refractivity contribution in [2.75, 3.05) is 13.1 Å². The van der Waals surface area contributed by atoms with Gasteiger partial charge in [0, 0.05) is 48.2 Å². The highest BCUT2D eigenvalue weighted by molar-refractivity contribution is 6.30. The van der Waals surface area contributed by atoms with Gasteiger partial charge in [0.05, 0.1) is 6.42 Å². The molecule has 1 aromatic heterocycles. The van der Waals surface area contributed by atoms with Gasteiger partial charge in [-0.15, -0.1) is 0 Å². The summed E-state index contributed by atoms with van der Waals surface area (Å²) < 4.78 is 2.25. The van der Waals surface area contributed by atoms with Crippen molar-refractivity contribution < 1.29 is 14.7 Å². The summed E-state index contributed by atoms with van der Waals surface area (Å²) in [5.41, 5.74) is 3.38. The van der Waals surface area contributed by atoms with Gasteiger partial charge < -0.3 is 14.6 Å². The second-order valence-corrected chi connectivity index (χ2v) is 8.21. The van der Waals surface area contributed by atoms with Crippen LogP contribution >= 0.6 is 11.6 Å². The van der Waals surface area contributed by atoms with Gasteiger partial charge in [0.1, 0.15) is 0 Å². The number of nitrogens with zero attached hydrogens (tertiary/aromatic N) is 2. The van der Waals surface area contributed by atoms with E-state index in [1.165, 1.54) is 10.9 Å². The maximum absolute atomic E-state index is 13.0. The van der Waals surface area contributed by atoms with E-state index >= 15 is 0 Å². The molecule has 164 valence electrons. The minimum Gasteiger partial charge on any atom is -0.481 e. The molecule has 5 nitrogen and oxygen atoms in total. The Kier molecular flexibility index (Phi) is 8.13. The van der Waals surface area contributed by atoms with Crippen LogP contribution in [-0.4, -0.2) is 39.5 Å². The number of carbonyl (C=O) groups excluding carboxylic acids is 1. The molecular weight excluding hydrogens is 412 g/mol. The van der Waals surface area contributed by atoms with Crippen LogP contribution in [0.3, 0.4) is 0 Å². The molecule has 0 saturated heterocycles. The number of para-hydroxylation sites is 1. The van der Waals surface area contributed by atoms with Crippen molar-refractivity contribution in [3.8, 4) is 0 Å². The van der Waals surface area contributed by atoms with Crippen molar-refractivity contribution in [1.82, 2.24) is 9.47 Å². The molecule has 1 N–H and O–H groups in total. The summed E-state index contributed by atoms with van der Waals surface area (Å²) in [6.45, 7) is 3.79. The molecule has 0 atom stereocenters. The number of halogens is 1. The van der Waals surface area contributed by atoms with E-state index < -0.39 is 5.97 Å². The van der Waals surface area contributed by atoms with Crippen molar-refractivity contribution in [2.45, 2.75) is 45.6 Å². The first-order chi connectivity index (χ1) is 15.0. The molecule has 0 aliphatic rings. The maximum Gasteiger partial charge on any atom is 0.305 e. The van der Waals surface area contributed by atoms with Gasteiger partial charge >= 0.3 is 5.97 Å². The predicted molar refractivity (Wildman–Crippen MR) is 125 cm³/mol. The quantitative estimate of drug-likeness (QED) is 0.446. The Labute approximate surface area is 188 Å². The van der Waals surface area contributed by atoms with Crippen LogP contribution in [0.25, 0.3) is 10.9 Å². The average molecular weight is 441 g/mol. The Bertz CT molecular complexity index is 1040. The fraction of sp³-hybridized carbons (Fsp3) is 0.360. The number of aromatic nitrogens is 1. The maximum atomic E-state index is 13.0. The number of carboxylic acids is 1. The monoisotopic (exact) mass is 440 g/mol. The molecule has 0 spiro atoms. The summed E-state index contributed by atoms with van der Waals surface area (Å²) in [7, 11) is 0. The zero-order valence-corrected chi connectivity index (χ0v) is 18.6. The van der Waals surface area contributed by atoms with Crippen molar-refractivity contribution in [3.05, 3.63) is 70.9 Å². The van der Waals surface area contributed by atoms with Gasteiger partial charge in [-0.2, -0.15) is 0 Å². The lowest BCUT2D eigenvalue weighted by atomic mass is 10.1. The minimum atomic E-state index is -0.900. The number of carboxylic acid groups (broad SMARTS) is 1. The number of hydrogen-bond acceptors (Lipinski definition) is 2. The molecule has 3 rings (SSSR count). The molecule has 1 amide bonds. The lowest BCUT2D eigenvalue weighted by Gasteiger charge is -2.22.